The Labute approximate surface area is 290 Å². The molecule has 3 aliphatic rings. The molecular weight excluding hydrogens is 686 g/mol. The predicted molar refractivity (Wildman–Crippen MR) is 187 cm³/mol. The summed E-state index contributed by atoms with van der Waals surface area (Å²) < 4.78 is 12.4. The van der Waals surface area contributed by atoms with Gasteiger partial charge < -0.3 is 29.3 Å². The van der Waals surface area contributed by atoms with Crippen LogP contribution in [0, 0.1) is 24.7 Å². The van der Waals surface area contributed by atoms with Crippen molar-refractivity contribution >= 4 is 56.6 Å². The lowest BCUT2D eigenvalue weighted by Gasteiger charge is -2.40. The zero-order valence-corrected chi connectivity index (χ0v) is 29.6. The Bertz CT molecular complexity index is 1510. The number of aliphatic hydroxyl groups excluding tert-OH is 1. The molecule has 252 valence electrons. The first-order valence-corrected chi connectivity index (χ1v) is 17.3. The van der Waals surface area contributed by atoms with Gasteiger partial charge >= 0.3 is 0 Å². The highest BCUT2D eigenvalue weighted by Gasteiger charge is 2.77. The van der Waals surface area contributed by atoms with E-state index in [0.29, 0.717) is 35.2 Å². The molecule has 2 aromatic rings. The van der Waals surface area contributed by atoms with Crippen LogP contribution in [0.4, 0.5) is 11.4 Å². The number of halogens is 2. The lowest BCUT2D eigenvalue weighted by atomic mass is 9.70. The number of ether oxygens (including phenoxy) is 2. The number of anilines is 2. The number of nitrogens with zero attached hydrogens (tertiary/aromatic N) is 3. The summed E-state index contributed by atoms with van der Waals surface area (Å²) in [7, 11) is 0. The molecule has 9 nitrogen and oxygen atoms in total. The number of hydrogen-bond acceptors (Lipinski definition) is 6. The molecule has 5 rings (SSSR count). The maximum absolute atomic E-state index is 15.0. The quantitative estimate of drug-likeness (QED) is 0.215. The van der Waals surface area contributed by atoms with Crippen molar-refractivity contribution in [2.45, 2.75) is 62.7 Å². The standard InChI is InChI=1S/C36H43BrClN3O6/c1-7-17-39(23-13-15-24(16-14-23)46-9-3)33(43)28-29-34(44)41(27(20-42)21(4)5)32(36(29)19-25(37)31(28)47-36)35(45)40(18-8-2)30-22(6)11-10-12-26(30)38/h7-8,10-16,21,25,27-29,31-32,42H,1-2,9,17-20H2,3-6H3/t25?,27-,28-,29-,31-,32?,36?/m0/s1. The van der Waals surface area contributed by atoms with Gasteiger partial charge in [-0.1, -0.05) is 65.7 Å². The van der Waals surface area contributed by atoms with E-state index in [-0.39, 0.29) is 42.3 Å². The molecule has 2 bridgehead atoms. The molecule has 0 aromatic heterocycles. The molecule has 3 heterocycles. The second-order valence-electron chi connectivity index (χ2n) is 12.7. The highest BCUT2D eigenvalue weighted by Crippen LogP contribution is 2.61. The van der Waals surface area contributed by atoms with Crippen LogP contribution in [0.1, 0.15) is 32.8 Å². The second-order valence-corrected chi connectivity index (χ2v) is 14.3. The average Bonchev–Trinajstić information content (AvgIpc) is 3.63. The summed E-state index contributed by atoms with van der Waals surface area (Å²) in [5, 5.41) is 11.0. The van der Waals surface area contributed by atoms with Crippen molar-refractivity contribution in [2.75, 3.05) is 36.1 Å². The number of amides is 3. The van der Waals surface area contributed by atoms with Gasteiger partial charge in [0.1, 0.15) is 17.4 Å². The SMILES string of the molecule is C=CCN(C(=O)[C@H]1[C@H]2C(=O)N([C@@H](CO)C(C)C)C(C(=O)N(CC=C)c3c(C)cccc3Cl)C23CC(Br)[C@@H]1O3)c1ccc(OCC)cc1. The highest BCUT2D eigenvalue weighted by molar-refractivity contribution is 9.09. The summed E-state index contributed by atoms with van der Waals surface area (Å²) in [6, 6.07) is 10.8. The van der Waals surface area contributed by atoms with Crippen LogP contribution < -0.4 is 14.5 Å². The number of alkyl halides is 1. The first kappa shape index (κ1) is 35.1. The van der Waals surface area contributed by atoms with E-state index in [4.69, 9.17) is 21.1 Å². The van der Waals surface area contributed by atoms with Gasteiger partial charge in [-0.05, 0) is 62.1 Å². The largest absolute Gasteiger partial charge is 0.494 e. The van der Waals surface area contributed by atoms with Crippen molar-refractivity contribution in [1.29, 1.82) is 0 Å². The topological polar surface area (TPSA) is 99.6 Å². The summed E-state index contributed by atoms with van der Waals surface area (Å²) in [5.74, 6) is -2.45. The molecule has 3 aliphatic heterocycles. The minimum atomic E-state index is -1.33. The minimum absolute atomic E-state index is 0.128. The van der Waals surface area contributed by atoms with Crippen LogP contribution in [-0.2, 0) is 19.1 Å². The van der Waals surface area contributed by atoms with Gasteiger partial charge in [-0.15, -0.1) is 13.2 Å². The van der Waals surface area contributed by atoms with Gasteiger partial charge in [-0.3, -0.25) is 14.4 Å². The van der Waals surface area contributed by atoms with Gasteiger partial charge in [0.25, 0.3) is 5.91 Å². The zero-order chi connectivity index (χ0) is 34.2. The summed E-state index contributed by atoms with van der Waals surface area (Å²) in [6.45, 7) is 15.8. The van der Waals surface area contributed by atoms with E-state index >= 15 is 4.79 Å². The van der Waals surface area contributed by atoms with Crippen molar-refractivity contribution < 1.29 is 29.0 Å². The molecule has 1 spiro atoms. The van der Waals surface area contributed by atoms with Gasteiger partial charge in [0, 0.05) is 23.6 Å². The molecule has 11 heteroatoms. The minimum Gasteiger partial charge on any atom is -0.494 e. The monoisotopic (exact) mass is 727 g/mol. The smallest absolute Gasteiger partial charge is 0.253 e. The number of fused-ring (bicyclic) bond motifs is 1. The van der Waals surface area contributed by atoms with Crippen molar-refractivity contribution in [3.05, 3.63) is 78.4 Å². The van der Waals surface area contributed by atoms with E-state index in [1.807, 2.05) is 39.8 Å². The van der Waals surface area contributed by atoms with Gasteiger partial charge in [-0.25, -0.2) is 0 Å². The average molecular weight is 729 g/mol. The highest BCUT2D eigenvalue weighted by atomic mass is 79.9. The first-order chi connectivity index (χ1) is 22.5. The van der Waals surface area contributed by atoms with Gasteiger partial charge in [0.2, 0.25) is 11.8 Å². The van der Waals surface area contributed by atoms with Crippen LogP contribution in [0.5, 0.6) is 5.75 Å². The fraction of sp³-hybridized carbons (Fsp3) is 0.472. The number of carbonyl (C=O) groups excluding carboxylic acids is 3. The Balaban J connectivity index is 1.63. The molecule has 3 fully saturated rings. The summed E-state index contributed by atoms with van der Waals surface area (Å²) in [5.41, 5.74) is 0.583. The third-order valence-electron chi connectivity index (χ3n) is 9.63. The van der Waals surface area contributed by atoms with Crippen molar-refractivity contribution in [3.8, 4) is 5.75 Å². The van der Waals surface area contributed by atoms with Crippen LogP contribution in [0.25, 0.3) is 0 Å². The van der Waals surface area contributed by atoms with Gasteiger partial charge in [0.05, 0.1) is 47.9 Å². The number of carbonyl (C=O) groups is 3. The lowest BCUT2D eigenvalue weighted by molar-refractivity contribution is -0.145. The number of likely N-dealkylation sites (tertiary alicyclic amines) is 1. The zero-order valence-electron chi connectivity index (χ0n) is 27.3. The lowest BCUT2D eigenvalue weighted by Crippen LogP contribution is -2.60. The Morgan fingerprint density at radius 3 is 2.38 bits per heavy atom. The molecule has 0 aliphatic carbocycles. The van der Waals surface area contributed by atoms with E-state index in [2.05, 4.69) is 29.1 Å². The number of hydrogen-bond donors (Lipinski definition) is 1. The van der Waals surface area contributed by atoms with Crippen molar-refractivity contribution in [3.63, 3.8) is 0 Å². The predicted octanol–water partition coefficient (Wildman–Crippen LogP) is 5.55. The van der Waals surface area contributed by atoms with Crippen LogP contribution in [0.15, 0.2) is 67.8 Å². The fourth-order valence-corrected chi connectivity index (χ4v) is 8.93. The fourth-order valence-electron chi connectivity index (χ4n) is 7.66. The summed E-state index contributed by atoms with van der Waals surface area (Å²) >= 11 is 10.5. The molecule has 2 aromatic carbocycles. The number of benzene rings is 2. The van der Waals surface area contributed by atoms with E-state index in [0.717, 1.165) is 5.56 Å². The molecule has 3 saturated heterocycles. The third-order valence-corrected chi connectivity index (χ3v) is 10.8. The molecule has 7 atom stereocenters. The molecule has 0 saturated carbocycles. The number of para-hydroxylation sites is 1. The van der Waals surface area contributed by atoms with E-state index in [1.165, 1.54) is 4.90 Å². The maximum Gasteiger partial charge on any atom is 0.253 e. The van der Waals surface area contributed by atoms with E-state index < -0.39 is 41.5 Å². The molecule has 0 radical (unpaired) electrons. The Hall–Kier alpha value is -3.18. The van der Waals surface area contributed by atoms with Gasteiger partial charge in [-0.2, -0.15) is 0 Å². The van der Waals surface area contributed by atoms with Crippen LogP contribution >= 0.6 is 27.5 Å². The maximum atomic E-state index is 15.0. The normalized spacial score (nSPS) is 26.7. The van der Waals surface area contributed by atoms with Crippen molar-refractivity contribution in [1.82, 2.24) is 4.90 Å². The van der Waals surface area contributed by atoms with Crippen LogP contribution in [0.2, 0.25) is 5.02 Å². The molecule has 3 amide bonds. The van der Waals surface area contributed by atoms with Crippen LogP contribution in [0.3, 0.4) is 0 Å². The summed E-state index contributed by atoms with van der Waals surface area (Å²) in [6.07, 6.45) is 2.91. The second kappa shape index (κ2) is 14.1. The van der Waals surface area contributed by atoms with Gasteiger partial charge in [0.15, 0.2) is 0 Å². The van der Waals surface area contributed by atoms with Crippen LogP contribution in [-0.4, -0.2) is 82.6 Å². The summed E-state index contributed by atoms with van der Waals surface area (Å²) in [4.78, 5) is 48.8. The Morgan fingerprint density at radius 1 is 1.15 bits per heavy atom. The van der Waals surface area contributed by atoms with Crippen molar-refractivity contribution in [2.24, 2.45) is 17.8 Å². The van der Waals surface area contributed by atoms with E-state index in [1.54, 1.807) is 52.3 Å². The molecule has 3 unspecified atom stereocenters. The third kappa shape index (κ3) is 5.92. The Morgan fingerprint density at radius 2 is 1.81 bits per heavy atom. The molecule has 1 N–H and O–H groups in total. The number of aliphatic hydroxyl groups is 1. The Kier molecular flexibility index (Phi) is 10.6. The first-order valence-electron chi connectivity index (χ1n) is 16.0. The number of aryl methyl sites for hydroxylation is 1. The molecular formula is C36H43BrClN3O6. The molecule has 47 heavy (non-hydrogen) atoms. The number of rotatable bonds is 13. The van der Waals surface area contributed by atoms with E-state index in [9.17, 15) is 14.7 Å².